The molecule has 0 saturated carbocycles. The van der Waals surface area contributed by atoms with Crippen LogP contribution in [0, 0.1) is 0 Å². The van der Waals surface area contributed by atoms with Crippen LogP contribution in [0.5, 0.6) is 5.75 Å². The van der Waals surface area contributed by atoms with Gasteiger partial charge in [0.05, 0.1) is 13.5 Å². The maximum absolute atomic E-state index is 11.9. The molecule has 1 aliphatic rings. The van der Waals surface area contributed by atoms with Crippen LogP contribution in [-0.2, 0) is 11.2 Å². The summed E-state index contributed by atoms with van der Waals surface area (Å²) in [5, 5.41) is 0. The Morgan fingerprint density at radius 1 is 1.41 bits per heavy atom. The van der Waals surface area contributed by atoms with Crippen molar-refractivity contribution in [3.05, 3.63) is 29.8 Å². The van der Waals surface area contributed by atoms with E-state index in [0.717, 1.165) is 11.3 Å². The lowest BCUT2D eigenvalue weighted by Crippen LogP contribution is -2.67. The minimum absolute atomic E-state index is 0.137. The molecule has 0 radical (unpaired) electrons. The van der Waals surface area contributed by atoms with E-state index in [9.17, 15) is 4.79 Å². The van der Waals surface area contributed by atoms with Crippen LogP contribution >= 0.6 is 0 Å². The molecule has 0 unspecified atom stereocenters. The Labute approximate surface area is 101 Å². The normalized spacial score (nSPS) is 17.5. The van der Waals surface area contributed by atoms with Crippen LogP contribution in [0.3, 0.4) is 0 Å². The van der Waals surface area contributed by atoms with Gasteiger partial charge in [0.2, 0.25) is 5.91 Å². The summed E-state index contributed by atoms with van der Waals surface area (Å²) in [6.45, 7) is 3.27. The fraction of sp³-hybridized carbons (Fsp3) is 0.462. The third-order valence-electron chi connectivity index (χ3n) is 2.97. The van der Waals surface area contributed by atoms with Crippen molar-refractivity contribution >= 4 is 5.91 Å². The van der Waals surface area contributed by atoms with Crippen molar-refractivity contribution in [1.29, 1.82) is 0 Å². The van der Waals surface area contributed by atoms with Crippen molar-refractivity contribution in [3.63, 3.8) is 0 Å². The lowest BCUT2D eigenvalue weighted by atomic mass is 9.93. The molecule has 0 spiro atoms. The topological polar surface area (TPSA) is 55.6 Å². The zero-order valence-electron chi connectivity index (χ0n) is 10.3. The summed E-state index contributed by atoms with van der Waals surface area (Å²) in [6, 6.07) is 7.56. The summed E-state index contributed by atoms with van der Waals surface area (Å²) in [5.74, 6) is 0.942. The molecular formula is C13H18N2O2. The van der Waals surface area contributed by atoms with Gasteiger partial charge in [-0.2, -0.15) is 0 Å². The smallest absolute Gasteiger partial charge is 0.227 e. The number of carbonyl (C=O) groups is 1. The molecule has 4 heteroatoms. The molecule has 1 fully saturated rings. The minimum Gasteiger partial charge on any atom is -0.497 e. The summed E-state index contributed by atoms with van der Waals surface area (Å²) in [6.07, 6.45) is 0.431. The second kappa shape index (κ2) is 4.37. The van der Waals surface area contributed by atoms with E-state index in [4.69, 9.17) is 10.5 Å². The van der Waals surface area contributed by atoms with E-state index >= 15 is 0 Å². The van der Waals surface area contributed by atoms with Crippen LogP contribution in [0.4, 0.5) is 0 Å². The van der Waals surface area contributed by atoms with Crippen LogP contribution < -0.4 is 10.5 Å². The Balaban J connectivity index is 1.90. The van der Waals surface area contributed by atoms with Gasteiger partial charge in [0, 0.05) is 18.6 Å². The molecule has 4 nitrogen and oxygen atoms in total. The largest absolute Gasteiger partial charge is 0.497 e. The maximum Gasteiger partial charge on any atom is 0.227 e. The summed E-state index contributed by atoms with van der Waals surface area (Å²) in [4.78, 5) is 13.7. The SMILES string of the molecule is COc1ccc(CC(=O)N2CC(C)(N)C2)cc1. The highest BCUT2D eigenvalue weighted by atomic mass is 16.5. The number of nitrogens with two attached hydrogens (primary N) is 1. The van der Waals surface area contributed by atoms with Crippen molar-refractivity contribution in [2.24, 2.45) is 5.73 Å². The van der Waals surface area contributed by atoms with Gasteiger partial charge in [0.1, 0.15) is 5.75 Å². The van der Waals surface area contributed by atoms with Gasteiger partial charge in [0.25, 0.3) is 0 Å². The molecule has 2 N–H and O–H groups in total. The molecule has 0 aromatic heterocycles. The monoisotopic (exact) mass is 234 g/mol. The minimum atomic E-state index is -0.199. The van der Waals surface area contributed by atoms with Gasteiger partial charge in [-0.1, -0.05) is 12.1 Å². The van der Waals surface area contributed by atoms with Gasteiger partial charge in [0.15, 0.2) is 0 Å². The van der Waals surface area contributed by atoms with Crippen LogP contribution in [0.25, 0.3) is 0 Å². The standard InChI is InChI=1S/C13H18N2O2/c1-13(14)8-15(9-13)12(16)7-10-3-5-11(17-2)6-4-10/h3-6H,7-9,14H2,1-2H3. The zero-order valence-corrected chi connectivity index (χ0v) is 10.3. The Bertz CT molecular complexity index is 404. The van der Waals surface area contributed by atoms with E-state index in [1.807, 2.05) is 31.2 Å². The maximum atomic E-state index is 11.9. The van der Waals surface area contributed by atoms with Crippen LogP contribution in [0.15, 0.2) is 24.3 Å². The third-order valence-corrected chi connectivity index (χ3v) is 2.97. The summed E-state index contributed by atoms with van der Waals surface area (Å²) in [7, 11) is 1.63. The Morgan fingerprint density at radius 3 is 2.47 bits per heavy atom. The number of likely N-dealkylation sites (tertiary alicyclic amines) is 1. The molecule has 2 rings (SSSR count). The van der Waals surface area contributed by atoms with Gasteiger partial charge in [-0.15, -0.1) is 0 Å². The molecular weight excluding hydrogens is 216 g/mol. The highest BCUT2D eigenvalue weighted by Crippen LogP contribution is 2.19. The fourth-order valence-electron chi connectivity index (χ4n) is 2.03. The quantitative estimate of drug-likeness (QED) is 0.841. The zero-order chi connectivity index (χ0) is 12.5. The average molecular weight is 234 g/mol. The fourth-order valence-corrected chi connectivity index (χ4v) is 2.03. The number of ether oxygens (including phenoxy) is 1. The molecule has 92 valence electrons. The lowest BCUT2D eigenvalue weighted by Gasteiger charge is -2.45. The molecule has 1 aromatic rings. The molecule has 0 atom stereocenters. The second-order valence-corrected chi connectivity index (χ2v) is 4.93. The van der Waals surface area contributed by atoms with Gasteiger partial charge < -0.3 is 15.4 Å². The summed E-state index contributed by atoms with van der Waals surface area (Å²) < 4.78 is 5.07. The molecule has 1 aliphatic heterocycles. The van der Waals surface area contributed by atoms with E-state index < -0.39 is 0 Å². The van der Waals surface area contributed by atoms with Gasteiger partial charge in [-0.25, -0.2) is 0 Å². The van der Waals surface area contributed by atoms with Crippen molar-refractivity contribution < 1.29 is 9.53 Å². The molecule has 1 aromatic carbocycles. The molecule has 0 bridgehead atoms. The highest BCUT2D eigenvalue weighted by molar-refractivity contribution is 5.80. The number of methoxy groups -OCH3 is 1. The summed E-state index contributed by atoms with van der Waals surface area (Å²) >= 11 is 0. The molecule has 1 heterocycles. The van der Waals surface area contributed by atoms with Crippen molar-refractivity contribution in [2.75, 3.05) is 20.2 Å². The van der Waals surface area contributed by atoms with Crippen molar-refractivity contribution in [3.8, 4) is 5.75 Å². The van der Waals surface area contributed by atoms with E-state index in [0.29, 0.717) is 19.5 Å². The number of amides is 1. The van der Waals surface area contributed by atoms with Crippen molar-refractivity contribution in [2.45, 2.75) is 18.9 Å². The van der Waals surface area contributed by atoms with Gasteiger partial charge >= 0.3 is 0 Å². The Kier molecular flexibility index (Phi) is 3.07. The van der Waals surface area contributed by atoms with Crippen LogP contribution in [0.1, 0.15) is 12.5 Å². The summed E-state index contributed by atoms with van der Waals surface area (Å²) in [5.41, 5.74) is 6.67. The molecule has 0 aliphatic carbocycles. The number of hydrogen-bond donors (Lipinski definition) is 1. The molecule has 1 saturated heterocycles. The number of nitrogens with zero attached hydrogens (tertiary/aromatic N) is 1. The van der Waals surface area contributed by atoms with Gasteiger partial charge in [-0.05, 0) is 24.6 Å². The molecule has 1 amide bonds. The lowest BCUT2D eigenvalue weighted by molar-refractivity contribution is -0.137. The first-order chi connectivity index (χ1) is 8.00. The van der Waals surface area contributed by atoms with Gasteiger partial charge in [-0.3, -0.25) is 4.79 Å². The third kappa shape index (κ3) is 2.77. The van der Waals surface area contributed by atoms with Crippen molar-refractivity contribution in [1.82, 2.24) is 4.90 Å². The Hall–Kier alpha value is -1.55. The van der Waals surface area contributed by atoms with E-state index in [1.165, 1.54) is 0 Å². The van der Waals surface area contributed by atoms with Crippen LogP contribution in [-0.4, -0.2) is 36.5 Å². The number of carbonyl (C=O) groups excluding carboxylic acids is 1. The predicted molar refractivity (Wildman–Crippen MR) is 65.9 cm³/mol. The predicted octanol–water partition coefficient (Wildman–Crippen LogP) is 0.797. The Morgan fingerprint density at radius 2 is 2.00 bits per heavy atom. The number of hydrogen-bond acceptors (Lipinski definition) is 3. The van der Waals surface area contributed by atoms with E-state index in [1.54, 1.807) is 12.0 Å². The number of benzene rings is 1. The molecule has 17 heavy (non-hydrogen) atoms. The van der Waals surface area contributed by atoms with E-state index in [2.05, 4.69) is 0 Å². The first kappa shape index (κ1) is 11.9. The number of rotatable bonds is 3. The average Bonchev–Trinajstić information content (AvgIpc) is 2.26. The first-order valence-electron chi connectivity index (χ1n) is 5.70. The van der Waals surface area contributed by atoms with Crippen LogP contribution in [0.2, 0.25) is 0 Å². The van der Waals surface area contributed by atoms with E-state index in [-0.39, 0.29) is 11.4 Å². The second-order valence-electron chi connectivity index (χ2n) is 4.93. The highest BCUT2D eigenvalue weighted by Gasteiger charge is 2.37. The first-order valence-corrected chi connectivity index (χ1v) is 5.70.